The highest BCUT2D eigenvalue weighted by Gasteiger charge is 2.28. The van der Waals surface area contributed by atoms with Crippen molar-refractivity contribution in [3.8, 4) is 0 Å². The van der Waals surface area contributed by atoms with Gasteiger partial charge in [0.2, 0.25) is 5.91 Å². The fourth-order valence-electron chi connectivity index (χ4n) is 2.80. The zero-order chi connectivity index (χ0) is 17.5. The molecule has 1 aliphatic rings. The van der Waals surface area contributed by atoms with Crippen molar-refractivity contribution in [2.75, 3.05) is 11.4 Å². The third-order valence-electron chi connectivity index (χ3n) is 4.16. The van der Waals surface area contributed by atoms with Crippen LogP contribution in [0.5, 0.6) is 0 Å². The smallest absolute Gasteiger partial charge is 0.227 e. The van der Waals surface area contributed by atoms with Gasteiger partial charge in [-0.15, -0.1) is 0 Å². The lowest BCUT2D eigenvalue weighted by Crippen LogP contribution is -2.29. The van der Waals surface area contributed by atoms with Crippen LogP contribution < -0.4 is 4.90 Å². The van der Waals surface area contributed by atoms with Crippen LogP contribution in [0.2, 0.25) is 0 Å². The quantitative estimate of drug-likeness (QED) is 0.858. The van der Waals surface area contributed by atoms with Crippen molar-refractivity contribution in [3.63, 3.8) is 0 Å². The normalized spacial score (nSPS) is 14.1. The highest BCUT2D eigenvalue weighted by atomic mass is 19.1. The molecule has 0 atom stereocenters. The molecule has 1 amide bonds. The van der Waals surface area contributed by atoms with Crippen LogP contribution >= 0.6 is 0 Å². The molecule has 3 rings (SSSR count). The number of aromatic nitrogens is 1. The lowest BCUT2D eigenvalue weighted by molar-refractivity contribution is -0.118. The Balaban J connectivity index is 1.68. The summed E-state index contributed by atoms with van der Waals surface area (Å²) in [6.45, 7) is 6.43. The molecule has 0 saturated carbocycles. The van der Waals surface area contributed by atoms with E-state index in [0.717, 1.165) is 11.8 Å². The number of oxazole rings is 1. The third kappa shape index (κ3) is 3.18. The number of carbonyl (C=O) groups is 1. The number of hydrogen-bond donors (Lipinski definition) is 0. The van der Waals surface area contributed by atoms with Crippen LogP contribution in [-0.2, 0) is 23.1 Å². The Morgan fingerprint density at radius 3 is 2.75 bits per heavy atom. The van der Waals surface area contributed by atoms with Crippen molar-refractivity contribution >= 4 is 11.6 Å². The van der Waals surface area contributed by atoms with Crippen LogP contribution in [0.1, 0.15) is 44.4 Å². The first-order valence-electron chi connectivity index (χ1n) is 7.99. The van der Waals surface area contributed by atoms with Gasteiger partial charge in [0.05, 0.1) is 11.9 Å². The Kier molecular flexibility index (Phi) is 4.15. The number of halogens is 2. The number of amides is 1. The number of benzene rings is 1. The minimum atomic E-state index is -0.673. The van der Waals surface area contributed by atoms with E-state index in [0.29, 0.717) is 36.5 Å². The molecule has 0 bridgehead atoms. The number of hydrogen-bond acceptors (Lipinski definition) is 3. The van der Waals surface area contributed by atoms with Crippen LogP contribution in [0, 0.1) is 11.6 Å². The first kappa shape index (κ1) is 16.6. The number of anilines is 1. The molecule has 0 radical (unpaired) electrons. The maximum atomic E-state index is 13.8. The molecule has 1 aromatic carbocycles. The molecule has 6 heteroatoms. The number of rotatable bonds is 3. The molecule has 0 unspecified atom stereocenters. The Morgan fingerprint density at radius 2 is 2.08 bits per heavy atom. The molecule has 24 heavy (non-hydrogen) atoms. The Labute approximate surface area is 139 Å². The maximum Gasteiger partial charge on any atom is 0.227 e. The van der Waals surface area contributed by atoms with Gasteiger partial charge < -0.3 is 9.32 Å². The molecule has 128 valence electrons. The summed E-state index contributed by atoms with van der Waals surface area (Å²) in [5, 5.41) is 0. The number of nitrogens with zero attached hydrogens (tertiary/aromatic N) is 2. The molecule has 0 aliphatic carbocycles. The van der Waals surface area contributed by atoms with Gasteiger partial charge in [-0.05, 0) is 12.5 Å². The standard InChI is InChI=1S/C18H20F2N2O2/c1-18(2,3)15-10-21-16(24-15)4-5-17(23)22-7-6-12-13(20)8-11(19)9-14(12)22/h8-10H,4-7H2,1-3H3. The fourth-order valence-corrected chi connectivity index (χ4v) is 2.80. The molecule has 0 fully saturated rings. The zero-order valence-electron chi connectivity index (χ0n) is 14.0. The van der Waals surface area contributed by atoms with Gasteiger partial charge in [0.15, 0.2) is 5.89 Å². The van der Waals surface area contributed by atoms with E-state index in [1.807, 2.05) is 20.8 Å². The van der Waals surface area contributed by atoms with Crippen LogP contribution in [0.25, 0.3) is 0 Å². The molecule has 4 nitrogen and oxygen atoms in total. The van der Waals surface area contributed by atoms with Gasteiger partial charge in [-0.1, -0.05) is 20.8 Å². The number of fused-ring (bicyclic) bond motifs is 1. The lowest BCUT2D eigenvalue weighted by atomic mass is 9.94. The van der Waals surface area contributed by atoms with E-state index < -0.39 is 11.6 Å². The van der Waals surface area contributed by atoms with Gasteiger partial charge in [-0.3, -0.25) is 4.79 Å². The molecule has 0 spiro atoms. The molecule has 2 heterocycles. The fraction of sp³-hybridized carbons (Fsp3) is 0.444. The molecule has 1 aliphatic heterocycles. The summed E-state index contributed by atoms with van der Waals surface area (Å²) in [6.07, 6.45) is 2.62. The minimum absolute atomic E-state index is 0.141. The molecule has 1 aromatic heterocycles. The van der Waals surface area contributed by atoms with Gasteiger partial charge in [0, 0.05) is 36.4 Å². The van der Waals surface area contributed by atoms with E-state index in [9.17, 15) is 13.6 Å². The third-order valence-corrected chi connectivity index (χ3v) is 4.16. The maximum absolute atomic E-state index is 13.8. The Hall–Kier alpha value is -2.24. The summed E-state index contributed by atoms with van der Waals surface area (Å²) >= 11 is 0. The van der Waals surface area contributed by atoms with Crippen molar-refractivity contribution in [2.24, 2.45) is 0 Å². The zero-order valence-corrected chi connectivity index (χ0v) is 14.0. The van der Waals surface area contributed by atoms with Gasteiger partial charge in [-0.2, -0.15) is 0 Å². The van der Waals surface area contributed by atoms with Crippen molar-refractivity contribution < 1.29 is 18.0 Å². The van der Waals surface area contributed by atoms with Gasteiger partial charge in [0.1, 0.15) is 17.4 Å². The van der Waals surface area contributed by atoms with Gasteiger partial charge in [-0.25, -0.2) is 13.8 Å². The van der Waals surface area contributed by atoms with E-state index in [1.165, 1.54) is 11.0 Å². The largest absolute Gasteiger partial charge is 0.445 e. The SMILES string of the molecule is CC(C)(C)c1cnc(CCC(=O)N2CCc3c(F)cc(F)cc32)o1. The predicted molar refractivity (Wildman–Crippen MR) is 85.9 cm³/mol. The molecular weight excluding hydrogens is 314 g/mol. The van der Waals surface area contributed by atoms with Crippen LogP contribution in [-0.4, -0.2) is 17.4 Å². The summed E-state index contributed by atoms with van der Waals surface area (Å²) < 4.78 is 32.8. The van der Waals surface area contributed by atoms with Crippen LogP contribution in [0.15, 0.2) is 22.7 Å². The van der Waals surface area contributed by atoms with Gasteiger partial charge >= 0.3 is 0 Å². The van der Waals surface area contributed by atoms with E-state index in [1.54, 1.807) is 6.20 Å². The van der Waals surface area contributed by atoms with E-state index >= 15 is 0 Å². The number of aryl methyl sites for hydroxylation is 1. The molecule has 0 saturated heterocycles. The van der Waals surface area contributed by atoms with E-state index in [4.69, 9.17) is 4.42 Å². The van der Waals surface area contributed by atoms with Crippen LogP contribution in [0.4, 0.5) is 14.5 Å². The van der Waals surface area contributed by atoms with Crippen molar-refractivity contribution in [3.05, 3.63) is 47.2 Å². The van der Waals surface area contributed by atoms with E-state index in [-0.39, 0.29) is 17.7 Å². The second-order valence-corrected chi connectivity index (χ2v) is 7.05. The average Bonchev–Trinajstić information content (AvgIpc) is 3.10. The summed E-state index contributed by atoms with van der Waals surface area (Å²) in [4.78, 5) is 18.1. The minimum Gasteiger partial charge on any atom is -0.445 e. The van der Waals surface area contributed by atoms with Crippen LogP contribution in [0.3, 0.4) is 0 Å². The second kappa shape index (κ2) is 6.00. The Morgan fingerprint density at radius 1 is 1.33 bits per heavy atom. The predicted octanol–water partition coefficient (Wildman–Crippen LogP) is 3.77. The molecular formula is C18H20F2N2O2. The lowest BCUT2D eigenvalue weighted by Gasteiger charge is -2.17. The first-order valence-corrected chi connectivity index (χ1v) is 7.99. The summed E-state index contributed by atoms with van der Waals surface area (Å²) in [6, 6.07) is 2.07. The molecule has 0 N–H and O–H groups in total. The highest BCUT2D eigenvalue weighted by Crippen LogP contribution is 2.32. The monoisotopic (exact) mass is 334 g/mol. The van der Waals surface area contributed by atoms with Crippen molar-refractivity contribution in [1.82, 2.24) is 4.98 Å². The van der Waals surface area contributed by atoms with E-state index in [2.05, 4.69) is 4.98 Å². The average molecular weight is 334 g/mol. The Bertz CT molecular complexity index is 778. The second-order valence-electron chi connectivity index (χ2n) is 7.05. The highest BCUT2D eigenvalue weighted by molar-refractivity contribution is 5.95. The summed E-state index contributed by atoms with van der Waals surface area (Å²) in [5.74, 6) is -0.190. The summed E-state index contributed by atoms with van der Waals surface area (Å²) in [5.41, 5.74) is 0.592. The van der Waals surface area contributed by atoms with Gasteiger partial charge in [0.25, 0.3) is 0 Å². The summed E-state index contributed by atoms with van der Waals surface area (Å²) in [7, 11) is 0. The first-order chi connectivity index (χ1) is 11.3. The number of carbonyl (C=O) groups excluding carboxylic acids is 1. The topological polar surface area (TPSA) is 46.3 Å². The van der Waals surface area contributed by atoms with Crippen molar-refractivity contribution in [2.45, 2.75) is 45.4 Å². The molecule has 2 aromatic rings. The van der Waals surface area contributed by atoms with Crippen molar-refractivity contribution in [1.29, 1.82) is 0 Å².